The van der Waals surface area contributed by atoms with Crippen LogP contribution in [-0.2, 0) is 0 Å². The van der Waals surface area contributed by atoms with Gasteiger partial charge in [-0.2, -0.15) is 4.98 Å². The van der Waals surface area contributed by atoms with Gasteiger partial charge in [-0.25, -0.2) is 9.78 Å². The predicted molar refractivity (Wildman–Crippen MR) is 108 cm³/mol. The Morgan fingerprint density at radius 3 is 2.66 bits per heavy atom. The van der Waals surface area contributed by atoms with Crippen molar-refractivity contribution in [2.75, 3.05) is 13.1 Å². The molecule has 0 bridgehead atoms. The third-order valence-corrected chi connectivity index (χ3v) is 6.11. The van der Waals surface area contributed by atoms with Gasteiger partial charge in [0.25, 0.3) is 0 Å². The molecule has 0 radical (unpaired) electrons. The number of aromatic amines is 1. The van der Waals surface area contributed by atoms with Crippen LogP contribution >= 0.6 is 0 Å². The first kappa shape index (κ1) is 18.1. The Kier molecular flexibility index (Phi) is 4.91. The highest BCUT2D eigenvalue weighted by Gasteiger charge is 2.29. The first-order chi connectivity index (χ1) is 14.3. The van der Waals surface area contributed by atoms with Crippen molar-refractivity contribution in [2.45, 2.75) is 56.9 Å². The summed E-state index contributed by atoms with van der Waals surface area (Å²) in [6.07, 6.45) is 7.61. The van der Waals surface area contributed by atoms with E-state index in [9.17, 15) is 4.79 Å². The lowest BCUT2D eigenvalue weighted by atomic mass is 9.95. The largest absolute Gasteiger partial charge is 0.339 e. The first-order valence-corrected chi connectivity index (χ1v) is 10.6. The van der Waals surface area contributed by atoms with Crippen molar-refractivity contribution in [3.05, 3.63) is 30.2 Å². The number of hydrogen-bond acceptors (Lipinski definition) is 5. The lowest BCUT2D eigenvalue weighted by molar-refractivity contribution is 0.169. The summed E-state index contributed by atoms with van der Waals surface area (Å²) in [5.74, 6) is 1.91. The fourth-order valence-corrected chi connectivity index (χ4v) is 4.40. The van der Waals surface area contributed by atoms with E-state index < -0.39 is 0 Å². The minimum atomic E-state index is 0.0730. The third-order valence-electron chi connectivity index (χ3n) is 6.11. The van der Waals surface area contributed by atoms with Gasteiger partial charge in [0.05, 0.1) is 11.0 Å². The minimum absolute atomic E-state index is 0.0730. The van der Waals surface area contributed by atoms with Gasteiger partial charge in [-0.15, -0.1) is 0 Å². The van der Waals surface area contributed by atoms with Crippen LogP contribution in [0.4, 0.5) is 4.79 Å². The first-order valence-electron chi connectivity index (χ1n) is 10.6. The molecule has 2 aliphatic rings. The molecular formula is C21H26N6O2. The van der Waals surface area contributed by atoms with Crippen LogP contribution < -0.4 is 5.32 Å². The van der Waals surface area contributed by atoms with Gasteiger partial charge in [-0.3, -0.25) is 0 Å². The maximum Gasteiger partial charge on any atom is 0.317 e. The van der Waals surface area contributed by atoms with Crippen LogP contribution in [0.5, 0.6) is 0 Å². The van der Waals surface area contributed by atoms with E-state index in [1.54, 1.807) is 0 Å². The molecule has 1 saturated heterocycles. The number of urea groups is 1. The van der Waals surface area contributed by atoms with Crippen LogP contribution in [0.2, 0.25) is 0 Å². The van der Waals surface area contributed by atoms with Crippen molar-refractivity contribution in [3.63, 3.8) is 0 Å². The Hall–Kier alpha value is -2.90. The van der Waals surface area contributed by atoms with E-state index in [1.807, 2.05) is 29.2 Å². The lowest BCUT2D eigenvalue weighted by Gasteiger charge is -2.32. The van der Waals surface area contributed by atoms with Crippen molar-refractivity contribution in [1.82, 2.24) is 30.3 Å². The van der Waals surface area contributed by atoms with Crippen molar-refractivity contribution in [1.29, 1.82) is 0 Å². The highest BCUT2D eigenvalue weighted by atomic mass is 16.5. The molecule has 2 fully saturated rings. The second-order valence-electron chi connectivity index (χ2n) is 8.10. The fraction of sp³-hybridized carbons (Fsp3) is 0.524. The number of hydrogen-bond donors (Lipinski definition) is 2. The van der Waals surface area contributed by atoms with E-state index in [0.29, 0.717) is 36.7 Å². The highest BCUT2D eigenvalue weighted by Crippen LogP contribution is 2.29. The van der Waals surface area contributed by atoms with Crippen LogP contribution in [0.1, 0.15) is 56.8 Å². The van der Waals surface area contributed by atoms with E-state index in [1.165, 1.54) is 19.3 Å². The number of nitrogens with one attached hydrogen (secondary N) is 2. The molecule has 0 unspecified atom stereocenters. The number of aromatic nitrogens is 4. The maximum atomic E-state index is 12.5. The van der Waals surface area contributed by atoms with Crippen molar-refractivity contribution < 1.29 is 9.32 Å². The Labute approximate surface area is 169 Å². The van der Waals surface area contributed by atoms with E-state index >= 15 is 0 Å². The summed E-state index contributed by atoms with van der Waals surface area (Å²) in [7, 11) is 0. The van der Waals surface area contributed by atoms with Crippen molar-refractivity contribution in [3.8, 4) is 11.6 Å². The molecule has 2 aromatic heterocycles. The van der Waals surface area contributed by atoms with Gasteiger partial charge in [0.15, 0.2) is 5.82 Å². The average molecular weight is 394 g/mol. The molecule has 3 heterocycles. The van der Waals surface area contributed by atoms with Gasteiger partial charge in [-0.05, 0) is 37.8 Å². The zero-order valence-corrected chi connectivity index (χ0v) is 16.4. The van der Waals surface area contributed by atoms with E-state index in [0.717, 1.165) is 36.7 Å². The number of para-hydroxylation sites is 2. The molecule has 8 heteroatoms. The van der Waals surface area contributed by atoms with Crippen LogP contribution in [0.15, 0.2) is 28.8 Å². The quantitative estimate of drug-likeness (QED) is 0.703. The van der Waals surface area contributed by atoms with Crippen LogP contribution in [0, 0.1) is 0 Å². The van der Waals surface area contributed by atoms with Crippen molar-refractivity contribution >= 4 is 17.1 Å². The number of likely N-dealkylation sites (tertiary alicyclic amines) is 1. The SMILES string of the molecule is O=C(NC1CCCCC1)N1CCC(c2nc(-c3nc4ccccc4[nH]3)no2)CC1. The summed E-state index contributed by atoms with van der Waals surface area (Å²) in [4.78, 5) is 26.8. The molecule has 2 amide bonds. The number of amides is 2. The van der Waals surface area contributed by atoms with Crippen LogP contribution in [-0.4, -0.2) is 50.2 Å². The normalized spacial score (nSPS) is 19.0. The van der Waals surface area contributed by atoms with Gasteiger partial charge in [-0.1, -0.05) is 36.6 Å². The lowest BCUT2D eigenvalue weighted by Crippen LogP contribution is -2.48. The summed E-state index contributed by atoms with van der Waals surface area (Å²) in [6.45, 7) is 1.43. The predicted octanol–water partition coefficient (Wildman–Crippen LogP) is 3.83. The number of piperidine rings is 1. The van der Waals surface area contributed by atoms with Gasteiger partial charge in [0, 0.05) is 25.0 Å². The van der Waals surface area contributed by atoms with Crippen LogP contribution in [0.3, 0.4) is 0 Å². The van der Waals surface area contributed by atoms with Crippen molar-refractivity contribution in [2.24, 2.45) is 0 Å². The van der Waals surface area contributed by atoms with Gasteiger partial charge >= 0.3 is 6.03 Å². The summed E-state index contributed by atoms with van der Waals surface area (Å²) < 4.78 is 5.53. The summed E-state index contributed by atoms with van der Waals surface area (Å²) >= 11 is 0. The standard InChI is InChI=1S/C21H26N6O2/c28-21(22-15-6-2-1-3-7-15)27-12-10-14(11-13-27)20-25-19(26-29-20)18-23-16-8-4-5-9-17(16)24-18/h4-5,8-9,14-15H,1-3,6-7,10-13H2,(H,22,28)(H,23,24). The Bertz CT molecular complexity index is 949. The molecule has 1 saturated carbocycles. The third kappa shape index (κ3) is 3.83. The molecule has 2 N–H and O–H groups in total. The molecule has 1 aliphatic heterocycles. The Morgan fingerprint density at radius 2 is 1.86 bits per heavy atom. The van der Waals surface area contributed by atoms with E-state index in [4.69, 9.17) is 4.52 Å². The topological polar surface area (TPSA) is 99.9 Å². The number of fused-ring (bicyclic) bond motifs is 1. The Balaban J connectivity index is 1.19. The van der Waals surface area contributed by atoms with Crippen LogP contribution in [0.25, 0.3) is 22.7 Å². The molecule has 1 aromatic carbocycles. The zero-order valence-electron chi connectivity index (χ0n) is 16.4. The van der Waals surface area contributed by atoms with E-state index in [-0.39, 0.29) is 11.9 Å². The van der Waals surface area contributed by atoms with Gasteiger partial charge in [0.2, 0.25) is 11.7 Å². The minimum Gasteiger partial charge on any atom is -0.339 e. The maximum absolute atomic E-state index is 12.5. The number of rotatable bonds is 3. The highest BCUT2D eigenvalue weighted by molar-refractivity contribution is 5.78. The molecule has 152 valence electrons. The molecule has 5 rings (SSSR count). The number of carbonyl (C=O) groups excluding carboxylic acids is 1. The summed E-state index contributed by atoms with van der Waals surface area (Å²) in [5, 5.41) is 7.32. The molecule has 1 aliphatic carbocycles. The van der Waals surface area contributed by atoms with Gasteiger partial charge in [0.1, 0.15) is 0 Å². The second kappa shape index (κ2) is 7.85. The monoisotopic (exact) mass is 394 g/mol. The van der Waals surface area contributed by atoms with Gasteiger partial charge < -0.3 is 19.7 Å². The molecule has 29 heavy (non-hydrogen) atoms. The number of nitrogens with zero attached hydrogens (tertiary/aromatic N) is 4. The molecule has 8 nitrogen and oxygen atoms in total. The molecule has 3 aromatic rings. The zero-order chi connectivity index (χ0) is 19.6. The number of H-pyrrole nitrogens is 1. The summed E-state index contributed by atoms with van der Waals surface area (Å²) in [5.41, 5.74) is 1.83. The number of imidazole rings is 1. The average Bonchev–Trinajstić information content (AvgIpc) is 3.42. The Morgan fingerprint density at radius 1 is 1.07 bits per heavy atom. The molecule has 0 atom stereocenters. The second-order valence-corrected chi connectivity index (χ2v) is 8.10. The fourth-order valence-electron chi connectivity index (χ4n) is 4.40. The molecular weight excluding hydrogens is 368 g/mol. The number of carbonyl (C=O) groups is 1. The summed E-state index contributed by atoms with van der Waals surface area (Å²) in [6, 6.07) is 8.25. The number of benzene rings is 1. The molecule has 0 spiro atoms. The van der Waals surface area contributed by atoms with E-state index in [2.05, 4.69) is 25.4 Å². The smallest absolute Gasteiger partial charge is 0.317 e.